The van der Waals surface area contributed by atoms with E-state index in [9.17, 15) is 9.59 Å². The summed E-state index contributed by atoms with van der Waals surface area (Å²) < 4.78 is 4.73. The number of hydrogen-bond donors (Lipinski definition) is 0. The molecule has 1 heterocycles. The summed E-state index contributed by atoms with van der Waals surface area (Å²) in [6, 6.07) is 3.05. The molecule has 0 fully saturated rings. The lowest BCUT2D eigenvalue weighted by atomic mass is 10.2. The van der Waals surface area contributed by atoms with Gasteiger partial charge in [-0.25, -0.2) is 4.98 Å². The normalized spacial score (nSPS) is 9.53. The minimum Gasteiger partial charge on any atom is -0.408 e. The predicted octanol–water partition coefficient (Wildman–Crippen LogP) is 0.709. The SMILES string of the molecule is CC(=O)Oc1ccc(C(=O)N(C)C)cn1. The van der Waals surface area contributed by atoms with Crippen molar-refractivity contribution in [3.05, 3.63) is 23.9 Å². The van der Waals surface area contributed by atoms with Gasteiger partial charge < -0.3 is 9.64 Å². The Morgan fingerprint density at radius 3 is 2.40 bits per heavy atom. The second kappa shape index (κ2) is 4.54. The highest BCUT2D eigenvalue weighted by molar-refractivity contribution is 5.93. The molecular formula is C10H12N2O3. The van der Waals surface area contributed by atoms with E-state index in [0.717, 1.165) is 0 Å². The lowest BCUT2D eigenvalue weighted by molar-refractivity contribution is -0.132. The minimum absolute atomic E-state index is 0.142. The average Bonchev–Trinajstić information content (AvgIpc) is 2.17. The Hall–Kier alpha value is -1.91. The topological polar surface area (TPSA) is 59.5 Å². The summed E-state index contributed by atoms with van der Waals surface area (Å²) in [5.74, 6) is -0.385. The summed E-state index contributed by atoms with van der Waals surface area (Å²) in [7, 11) is 3.31. The minimum atomic E-state index is -0.436. The molecule has 0 saturated carbocycles. The van der Waals surface area contributed by atoms with Crippen LogP contribution in [0.15, 0.2) is 18.3 Å². The highest BCUT2D eigenvalue weighted by Crippen LogP contribution is 2.08. The van der Waals surface area contributed by atoms with E-state index in [2.05, 4.69) is 4.98 Å². The van der Waals surface area contributed by atoms with Gasteiger partial charge in [0.25, 0.3) is 5.91 Å². The van der Waals surface area contributed by atoms with Crippen molar-refractivity contribution in [1.82, 2.24) is 9.88 Å². The molecular weight excluding hydrogens is 196 g/mol. The van der Waals surface area contributed by atoms with Crippen molar-refractivity contribution in [2.45, 2.75) is 6.92 Å². The van der Waals surface area contributed by atoms with Crippen LogP contribution in [-0.2, 0) is 4.79 Å². The Bertz CT molecular complexity index is 371. The van der Waals surface area contributed by atoms with E-state index >= 15 is 0 Å². The van der Waals surface area contributed by atoms with Gasteiger partial charge in [-0.1, -0.05) is 0 Å². The van der Waals surface area contributed by atoms with Crippen LogP contribution < -0.4 is 4.74 Å². The van der Waals surface area contributed by atoms with E-state index < -0.39 is 5.97 Å². The molecule has 5 nitrogen and oxygen atoms in total. The van der Waals surface area contributed by atoms with E-state index in [1.165, 1.54) is 24.1 Å². The van der Waals surface area contributed by atoms with Crippen LogP contribution >= 0.6 is 0 Å². The molecule has 15 heavy (non-hydrogen) atoms. The number of pyridine rings is 1. The Kier molecular flexibility index (Phi) is 3.38. The second-order valence-electron chi connectivity index (χ2n) is 3.18. The standard InChI is InChI=1S/C10H12N2O3/c1-7(13)15-9-5-4-8(6-11-9)10(14)12(2)3/h4-6H,1-3H3. The van der Waals surface area contributed by atoms with Crippen LogP contribution in [0, 0.1) is 0 Å². The summed E-state index contributed by atoms with van der Waals surface area (Å²) in [4.78, 5) is 27.3. The largest absolute Gasteiger partial charge is 0.408 e. The maximum Gasteiger partial charge on any atom is 0.309 e. The number of carbonyl (C=O) groups excluding carboxylic acids is 2. The first-order chi connectivity index (χ1) is 7.00. The first-order valence-corrected chi connectivity index (χ1v) is 4.37. The lowest BCUT2D eigenvalue weighted by Gasteiger charge is -2.09. The number of nitrogens with zero attached hydrogens (tertiary/aromatic N) is 2. The third-order valence-corrected chi connectivity index (χ3v) is 1.64. The van der Waals surface area contributed by atoms with Gasteiger partial charge in [0.2, 0.25) is 5.88 Å². The van der Waals surface area contributed by atoms with Gasteiger partial charge in [0.05, 0.1) is 5.56 Å². The molecule has 80 valence electrons. The number of ether oxygens (including phenoxy) is 1. The van der Waals surface area contributed by atoms with Gasteiger partial charge in [-0.2, -0.15) is 0 Å². The molecule has 5 heteroatoms. The summed E-state index contributed by atoms with van der Waals surface area (Å²) in [5, 5.41) is 0. The van der Waals surface area contributed by atoms with Crippen molar-refractivity contribution in [3.63, 3.8) is 0 Å². The van der Waals surface area contributed by atoms with Gasteiger partial charge in [0, 0.05) is 33.3 Å². The quantitative estimate of drug-likeness (QED) is 0.671. The maximum atomic E-state index is 11.5. The molecule has 0 aliphatic carbocycles. The van der Waals surface area contributed by atoms with Gasteiger partial charge in [0.1, 0.15) is 0 Å². The monoisotopic (exact) mass is 208 g/mol. The fraction of sp³-hybridized carbons (Fsp3) is 0.300. The fourth-order valence-corrected chi connectivity index (χ4v) is 0.973. The molecule has 1 amide bonds. The summed E-state index contributed by atoms with van der Waals surface area (Å²) in [5.41, 5.74) is 0.455. The maximum absolute atomic E-state index is 11.5. The molecule has 1 aromatic rings. The number of rotatable bonds is 2. The molecule has 0 spiro atoms. The number of hydrogen-bond acceptors (Lipinski definition) is 4. The van der Waals surface area contributed by atoms with Crippen LogP contribution in [0.5, 0.6) is 5.88 Å². The molecule has 0 saturated heterocycles. The smallest absolute Gasteiger partial charge is 0.309 e. The molecule has 0 aliphatic heterocycles. The van der Waals surface area contributed by atoms with Crippen LogP contribution in [-0.4, -0.2) is 35.9 Å². The van der Waals surface area contributed by atoms with Crippen molar-refractivity contribution in [3.8, 4) is 5.88 Å². The van der Waals surface area contributed by atoms with Gasteiger partial charge in [-0.3, -0.25) is 9.59 Å². The molecule has 0 N–H and O–H groups in total. The van der Waals surface area contributed by atoms with E-state index in [4.69, 9.17) is 4.74 Å². The van der Waals surface area contributed by atoms with Gasteiger partial charge in [-0.15, -0.1) is 0 Å². The van der Waals surface area contributed by atoms with Crippen LogP contribution in [0.2, 0.25) is 0 Å². The fourth-order valence-electron chi connectivity index (χ4n) is 0.973. The second-order valence-corrected chi connectivity index (χ2v) is 3.18. The number of aromatic nitrogens is 1. The van der Waals surface area contributed by atoms with Crippen molar-refractivity contribution in [2.24, 2.45) is 0 Å². The van der Waals surface area contributed by atoms with Crippen molar-refractivity contribution in [2.75, 3.05) is 14.1 Å². The average molecular weight is 208 g/mol. The van der Waals surface area contributed by atoms with Crippen LogP contribution in [0.1, 0.15) is 17.3 Å². The van der Waals surface area contributed by atoms with Gasteiger partial charge >= 0.3 is 5.97 Å². The Labute approximate surface area is 87.7 Å². The summed E-state index contributed by atoms with van der Waals surface area (Å²) in [6.45, 7) is 1.29. The van der Waals surface area contributed by atoms with Crippen molar-refractivity contribution < 1.29 is 14.3 Å². The predicted molar refractivity (Wildman–Crippen MR) is 53.6 cm³/mol. The third-order valence-electron chi connectivity index (χ3n) is 1.64. The molecule has 0 aliphatic rings. The number of carbonyl (C=O) groups is 2. The molecule has 1 aromatic heterocycles. The number of esters is 1. The molecule has 0 bridgehead atoms. The Morgan fingerprint density at radius 1 is 1.33 bits per heavy atom. The number of amides is 1. The van der Waals surface area contributed by atoms with Crippen molar-refractivity contribution >= 4 is 11.9 Å². The van der Waals surface area contributed by atoms with E-state index in [1.54, 1.807) is 20.2 Å². The first kappa shape index (κ1) is 11.2. The lowest BCUT2D eigenvalue weighted by Crippen LogP contribution is -2.21. The summed E-state index contributed by atoms with van der Waals surface area (Å²) >= 11 is 0. The summed E-state index contributed by atoms with van der Waals surface area (Å²) in [6.07, 6.45) is 1.38. The van der Waals surface area contributed by atoms with Gasteiger partial charge in [-0.05, 0) is 6.07 Å². The molecule has 0 aromatic carbocycles. The first-order valence-electron chi connectivity index (χ1n) is 4.37. The van der Waals surface area contributed by atoms with Crippen LogP contribution in [0.3, 0.4) is 0 Å². The molecule has 0 radical (unpaired) electrons. The Morgan fingerprint density at radius 2 is 2.00 bits per heavy atom. The van der Waals surface area contributed by atoms with Crippen LogP contribution in [0.4, 0.5) is 0 Å². The van der Waals surface area contributed by atoms with Crippen molar-refractivity contribution in [1.29, 1.82) is 0 Å². The molecule has 0 atom stereocenters. The highest BCUT2D eigenvalue weighted by atomic mass is 16.5. The Balaban J connectivity index is 2.81. The molecule has 1 rings (SSSR count). The van der Waals surface area contributed by atoms with Gasteiger partial charge in [0.15, 0.2) is 0 Å². The zero-order chi connectivity index (χ0) is 11.4. The van der Waals surface area contributed by atoms with Crippen LogP contribution in [0.25, 0.3) is 0 Å². The van der Waals surface area contributed by atoms with E-state index in [1.807, 2.05) is 0 Å². The van der Waals surface area contributed by atoms with E-state index in [0.29, 0.717) is 5.56 Å². The molecule has 0 unspecified atom stereocenters. The highest BCUT2D eigenvalue weighted by Gasteiger charge is 2.08. The third kappa shape index (κ3) is 3.05. The zero-order valence-corrected chi connectivity index (χ0v) is 8.85. The van der Waals surface area contributed by atoms with E-state index in [-0.39, 0.29) is 11.8 Å². The zero-order valence-electron chi connectivity index (χ0n) is 8.85.